The van der Waals surface area contributed by atoms with Crippen molar-refractivity contribution in [2.45, 2.75) is 18.2 Å². The summed E-state index contributed by atoms with van der Waals surface area (Å²) in [6.07, 6.45) is 8.62. The Hall–Kier alpha value is 1.10. The highest BCUT2D eigenvalue weighted by atomic mass is 32.2. The Morgan fingerprint density at radius 1 is 0.692 bits per heavy atom. The number of thioether (sulfide) groups is 4. The lowest BCUT2D eigenvalue weighted by atomic mass is 10.6. The maximum Gasteiger partial charge on any atom is 0.0755 e. The topological polar surface area (TPSA) is 0 Å². The smallest absolute Gasteiger partial charge is 0.0755 e. The van der Waals surface area contributed by atoms with E-state index in [1.165, 1.54) is 18.2 Å². The van der Waals surface area contributed by atoms with Gasteiger partial charge in [-0.1, -0.05) is 0 Å². The summed E-state index contributed by atoms with van der Waals surface area (Å²) in [4.78, 5) is 2.93. The Morgan fingerprint density at radius 2 is 1.08 bits per heavy atom. The van der Waals surface area contributed by atoms with Crippen LogP contribution in [0.4, 0.5) is 0 Å². The van der Waals surface area contributed by atoms with E-state index in [0.717, 1.165) is 0 Å². The van der Waals surface area contributed by atoms with Gasteiger partial charge in [-0.15, -0.1) is 58.4 Å². The average molecular weight is 269 g/mol. The van der Waals surface area contributed by atoms with Crippen LogP contribution in [0.3, 0.4) is 0 Å². The van der Waals surface area contributed by atoms with Crippen LogP contribution in [0.2, 0.25) is 0 Å². The summed E-state index contributed by atoms with van der Waals surface area (Å²) >= 11 is 9.36. The molecule has 74 valence electrons. The normalized spacial score (nSPS) is 10.8. The van der Waals surface area contributed by atoms with Crippen molar-refractivity contribution in [1.29, 1.82) is 0 Å². The third kappa shape index (κ3) is 2.56. The van der Waals surface area contributed by atoms with E-state index in [4.69, 9.17) is 0 Å². The summed E-state index contributed by atoms with van der Waals surface area (Å²) in [6, 6.07) is 0. The molecule has 5 heteroatoms. The SMILES string of the molecule is CSc1sc(SC)c(SC)c1SC. The van der Waals surface area contributed by atoms with E-state index >= 15 is 0 Å². The summed E-state index contributed by atoms with van der Waals surface area (Å²) in [7, 11) is 0. The summed E-state index contributed by atoms with van der Waals surface area (Å²) in [5.74, 6) is 0. The minimum atomic E-state index is 1.46. The van der Waals surface area contributed by atoms with Crippen LogP contribution in [0.1, 0.15) is 0 Å². The van der Waals surface area contributed by atoms with Gasteiger partial charge in [-0.3, -0.25) is 0 Å². The van der Waals surface area contributed by atoms with Crippen molar-refractivity contribution in [3.05, 3.63) is 0 Å². The molecule has 0 nitrogen and oxygen atoms in total. The molecule has 0 aliphatic heterocycles. The number of thiophene rings is 1. The molecule has 0 N–H and O–H groups in total. The Balaban J connectivity index is 3.17. The van der Waals surface area contributed by atoms with E-state index in [-0.39, 0.29) is 0 Å². The van der Waals surface area contributed by atoms with Gasteiger partial charge in [-0.25, -0.2) is 0 Å². The highest BCUT2D eigenvalue weighted by Crippen LogP contribution is 2.48. The van der Waals surface area contributed by atoms with E-state index in [9.17, 15) is 0 Å². The molecule has 1 heterocycles. The highest BCUT2D eigenvalue weighted by molar-refractivity contribution is 8.06. The zero-order valence-electron chi connectivity index (χ0n) is 8.04. The van der Waals surface area contributed by atoms with Gasteiger partial charge >= 0.3 is 0 Å². The van der Waals surface area contributed by atoms with Gasteiger partial charge in [0, 0.05) is 9.79 Å². The van der Waals surface area contributed by atoms with E-state index < -0.39 is 0 Å². The second kappa shape index (κ2) is 5.85. The van der Waals surface area contributed by atoms with Crippen LogP contribution in [-0.2, 0) is 0 Å². The number of hydrogen-bond acceptors (Lipinski definition) is 5. The largest absolute Gasteiger partial charge is 0.126 e. The quantitative estimate of drug-likeness (QED) is 0.729. The van der Waals surface area contributed by atoms with E-state index in [1.54, 1.807) is 0 Å². The molecule has 1 aromatic heterocycles. The van der Waals surface area contributed by atoms with Crippen LogP contribution in [0.5, 0.6) is 0 Å². The summed E-state index contributed by atoms with van der Waals surface area (Å²) in [6.45, 7) is 0. The zero-order valence-corrected chi connectivity index (χ0v) is 12.1. The lowest BCUT2D eigenvalue weighted by Gasteiger charge is -2.00. The maximum absolute atomic E-state index is 2.16. The van der Waals surface area contributed by atoms with Crippen LogP contribution in [0, 0.1) is 0 Å². The van der Waals surface area contributed by atoms with Gasteiger partial charge in [-0.05, 0) is 25.0 Å². The highest BCUT2D eigenvalue weighted by Gasteiger charge is 2.15. The molecular weight excluding hydrogens is 256 g/mol. The molecule has 0 saturated heterocycles. The third-order valence-electron chi connectivity index (χ3n) is 1.54. The molecule has 0 aliphatic rings. The number of rotatable bonds is 4. The first kappa shape index (κ1) is 12.2. The van der Waals surface area contributed by atoms with Gasteiger partial charge in [0.15, 0.2) is 0 Å². The summed E-state index contributed by atoms with van der Waals surface area (Å²) in [5.41, 5.74) is 0. The molecule has 1 rings (SSSR count). The molecule has 0 saturated carbocycles. The summed E-state index contributed by atoms with van der Waals surface area (Å²) < 4.78 is 2.92. The fourth-order valence-electron chi connectivity index (χ4n) is 0.983. The van der Waals surface area contributed by atoms with Crippen LogP contribution in [0.15, 0.2) is 18.2 Å². The van der Waals surface area contributed by atoms with Crippen LogP contribution in [0.25, 0.3) is 0 Å². The Labute approximate surface area is 101 Å². The van der Waals surface area contributed by atoms with Crippen LogP contribution < -0.4 is 0 Å². The molecule has 0 atom stereocenters. The fraction of sp³-hybridized carbons (Fsp3) is 0.500. The Bertz CT molecular complexity index is 252. The summed E-state index contributed by atoms with van der Waals surface area (Å²) in [5, 5.41) is 0. The zero-order chi connectivity index (χ0) is 9.84. The first-order chi connectivity index (χ1) is 6.28. The molecule has 1 aromatic rings. The van der Waals surface area contributed by atoms with Gasteiger partial charge in [0.1, 0.15) is 0 Å². The molecule has 0 radical (unpaired) electrons. The molecule has 0 aromatic carbocycles. The monoisotopic (exact) mass is 268 g/mol. The van der Waals surface area contributed by atoms with E-state index in [0.29, 0.717) is 0 Å². The third-order valence-corrected chi connectivity index (χ3v) is 7.25. The lowest BCUT2D eigenvalue weighted by molar-refractivity contribution is 1.18. The molecular formula is C8H12S5. The van der Waals surface area contributed by atoms with Gasteiger partial charge in [0.05, 0.1) is 8.42 Å². The molecule has 0 fully saturated rings. The molecule has 0 bridgehead atoms. The van der Waals surface area contributed by atoms with Crippen molar-refractivity contribution in [2.24, 2.45) is 0 Å². The van der Waals surface area contributed by atoms with Gasteiger partial charge in [-0.2, -0.15) is 0 Å². The van der Waals surface area contributed by atoms with Crippen molar-refractivity contribution in [3.8, 4) is 0 Å². The van der Waals surface area contributed by atoms with Crippen LogP contribution >= 0.6 is 58.4 Å². The van der Waals surface area contributed by atoms with Gasteiger partial charge in [0.2, 0.25) is 0 Å². The first-order valence-corrected chi connectivity index (χ1v) is 9.32. The second-order valence-electron chi connectivity index (χ2n) is 2.15. The maximum atomic E-state index is 2.16. The van der Waals surface area contributed by atoms with Crippen molar-refractivity contribution in [3.63, 3.8) is 0 Å². The van der Waals surface area contributed by atoms with Crippen molar-refractivity contribution >= 4 is 58.4 Å². The Morgan fingerprint density at radius 3 is 1.31 bits per heavy atom. The molecule has 0 spiro atoms. The van der Waals surface area contributed by atoms with E-state index in [2.05, 4.69) is 25.0 Å². The van der Waals surface area contributed by atoms with Gasteiger partial charge < -0.3 is 0 Å². The lowest BCUT2D eigenvalue weighted by Crippen LogP contribution is -1.72. The minimum absolute atomic E-state index is 1.46. The molecule has 0 aliphatic carbocycles. The first-order valence-electron chi connectivity index (χ1n) is 3.61. The predicted octanol–water partition coefficient (Wildman–Crippen LogP) is 4.64. The minimum Gasteiger partial charge on any atom is -0.126 e. The number of hydrogen-bond donors (Lipinski definition) is 0. The standard InChI is InChI=1S/C8H12S5/c1-9-5-6(10-2)8(12-4)13-7(5)11-3/h1-4H3. The molecule has 0 unspecified atom stereocenters. The average Bonchev–Trinajstić information content (AvgIpc) is 2.54. The molecule has 0 amide bonds. The fourth-order valence-corrected chi connectivity index (χ4v) is 6.86. The Kier molecular flexibility index (Phi) is 5.48. The van der Waals surface area contributed by atoms with Gasteiger partial charge in [0.25, 0.3) is 0 Å². The van der Waals surface area contributed by atoms with Crippen molar-refractivity contribution < 1.29 is 0 Å². The van der Waals surface area contributed by atoms with E-state index in [1.807, 2.05) is 58.4 Å². The van der Waals surface area contributed by atoms with Crippen molar-refractivity contribution in [2.75, 3.05) is 25.0 Å². The van der Waals surface area contributed by atoms with Crippen molar-refractivity contribution in [1.82, 2.24) is 0 Å². The second-order valence-corrected chi connectivity index (χ2v) is 6.96. The predicted molar refractivity (Wildman–Crippen MR) is 71.4 cm³/mol. The van der Waals surface area contributed by atoms with Crippen LogP contribution in [-0.4, -0.2) is 25.0 Å². The molecule has 13 heavy (non-hydrogen) atoms.